The van der Waals surface area contributed by atoms with Gasteiger partial charge in [0.25, 0.3) is 0 Å². The van der Waals surface area contributed by atoms with E-state index in [1.165, 1.54) is 36.9 Å². The van der Waals surface area contributed by atoms with Crippen molar-refractivity contribution >= 4 is 5.69 Å². The summed E-state index contributed by atoms with van der Waals surface area (Å²) in [5.74, 6) is 1.05. The molecule has 1 aliphatic rings. The Labute approximate surface area is 129 Å². The summed E-state index contributed by atoms with van der Waals surface area (Å²) < 4.78 is 6.06. The Kier molecular flexibility index (Phi) is 6.87. The van der Waals surface area contributed by atoms with Crippen LogP contribution in [0.2, 0.25) is 0 Å². The van der Waals surface area contributed by atoms with Gasteiger partial charge in [-0.15, -0.1) is 0 Å². The summed E-state index contributed by atoms with van der Waals surface area (Å²) in [6.45, 7) is 9.50. The molecule has 21 heavy (non-hydrogen) atoms. The summed E-state index contributed by atoms with van der Waals surface area (Å²) >= 11 is 0. The Morgan fingerprint density at radius 1 is 1.10 bits per heavy atom. The molecule has 1 aromatic carbocycles. The second kappa shape index (κ2) is 8.93. The van der Waals surface area contributed by atoms with Crippen LogP contribution in [0.5, 0.6) is 5.75 Å². The number of nitrogens with zero attached hydrogens (tertiary/aromatic N) is 1. The fourth-order valence-corrected chi connectivity index (χ4v) is 2.79. The Hall–Kier alpha value is -1.22. The maximum Gasteiger partial charge on any atom is 0.142 e. The van der Waals surface area contributed by atoms with Gasteiger partial charge in [0.05, 0.1) is 12.3 Å². The van der Waals surface area contributed by atoms with E-state index in [2.05, 4.69) is 42.3 Å². The standard InChI is InChI=1S/C18H30N2O/c1-3-4-5-6-7-14-21-18-9-8-16(2)15-17(18)20-12-10-19-11-13-20/h8-9,15,19H,3-7,10-14H2,1-2H3. The zero-order valence-corrected chi connectivity index (χ0v) is 13.7. The van der Waals surface area contributed by atoms with E-state index in [0.717, 1.165) is 45.0 Å². The smallest absolute Gasteiger partial charge is 0.142 e. The Bertz CT molecular complexity index is 414. The van der Waals surface area contributed by atoms with E-state index in [0.29, 0.717) is 0 Å². The number of rotatable bonds is 8. The molecule has 1 heterocycles. The molecule has 0 aromatic heterocycles. The van der Waals surface area contributed by atoms with Crippen LogP contribution in [0.3, 0.4) is 0 Å². The van der Waals surface area contributed by atoms with Crippen molar-refractivity contribution < 1.29 is 4.74 Å². The second-order valence-electron chi connectivity index (χ2n) is 5.97. The molecule has 0 spiro atoms. The van der Waals surface area contributed by atoms with Crippen LogP contribution in [-0.4, -0.2) is 32.8 Å². The molecule has 2 rings (SSSR count). The first kappa shape index (κ1) is 16.2. The highest BCUT2D eigenvalue weighted by Crippen LogP contribution is 2.30. The Balaban J connectivity index is 1.88. The third kappa shape index (κ3) is 5.24. The quantitative estimate of drug-likeness (QED) is 0.738. The van der Waals surface area contributed by atoms with Crippen LogP contribution in [0.4, 0.5) is 5.69 Å². The summed E-state index contributed by atoms with van der Waals surface area (Å²) in [5.41, 5.74) is 2.57. The van der Waals surface area contributed by atoms with E-state index in [-0.39, 0.29) is 0 Å². The molecule has 3 heteroatoms. The van der Waals surface area contributed by atoms with Crippen LogP contribution >= 0.6 is 0 Å². The summed E-state index contributed by atoms with van der Waals surface area (Å²) in [5, 5.41) is 3.41. The maximum atomic E-state index is 6.06. The number of nitrogens with one attached hydrogen (secondary N) is 1. The number of hydrogen-bond donors (Lipinski definition) is 1. The van der Waals surface area contributed by atoms with Crippen molar-refractivity contribution in [1.29, 1.82) is 0 Å². The van der Waals surface area contributed by atoms with Crippen molar-refractivity contribution in [3.8, 4) is 5.75 Å². The third-order valence-corrected chi connectivity index (χ3v) is 4.08. The van der Waals surface area contributed by atoms with Gasteiger partial charge in [-0.1, -0.05) is 38.7 Å². The summed E-state index contributed by atoms with van der Waals surface area (Å²) in [6, 6.07) is 6.55. The van der Waals surface area contributed by atoms with Crippen molar-refractivity contribution in [1.82, 2.24) is 5.32 Å². The predicted octanol–water partition coefficient (Wildman–Crippen LogP) is 3.75. The summed E-state index contributed by atoms with van der Waals surface area (Å²) in [4.78, 5) is 2.44. The number of aryl methyl sites for hydroxylation is 1. The molecule has 1 fully saturated rings. The number of benzene rings is 1. The fraction of sp³-hybridized carbons (Fsp3) is 0.667. The van der Waals surface area contributed by atoms with Gasteiger partial charge in [-0.3, -0.25) is 0 Å². The lowest BCUT2D eigenvalue weighted by Gasteiger charge is -2.31. The highest BCUT2D eigenvalue weighted by Gasteiger charge is 2.15. The van der Waals surface area contributed by atoms with Crippen LogP contribution in [0.15, 0.2) is 18.2 Å². The van der Waals surface area contributed by atoms with Crippen LogP contribution < -0.4 is 15.0 Å². The molecular formula is C18H30N2O. The van der Waals surface area contributed by atoms with Crippen LogP contribution in [-0.2, 0) is 0 Å². The molecule has 0 aliphatic carbocycles. The molecule has 1 saturated heterocycles. The topological polar surface area (TPSA) is 24.5 Å². The normalized spacial score (nSPS) is 15.2. The first-order valence-electron chi connectivity index (χ1n) is 8.50. The predicted molar refractivity (Wildman–Crippen MR) is 90.5 cm³/mol. The van der Waals surface area contributed by atoms with Crippen LogP contribution in [0.1, 0.15) is 44.6 Å². The van der Waals surface area contributed by atoms with Crippen LogP contribution in [0, 0.1) is 6.92 Å². The monoisotopic (exact) mass is 290 g/mol. The lowest BCUT2D eigenvalue weighted by atomic mass is 10.1. The largest absolute Gasteiger partial charge is 0.491 e. The van der Waals surface area contributed by atoms with E-state index in [9.17, 15) is 0 Å². The SMILES string of the molecule is CCCCCCCOc1ccc(C)cc1N1CCNCC1. The van der Waals surface area contributed by atoms with Gasteiger partial charge in [0.2, 0.25) is 0 Å². The molecular weight excluding hydrogens is 260 g/mol. The maximum absolute atomic E-state index is 6.06. The van der Waals surface area contributed by atoms with Crippen molar-refractivity contribution in [3.63, 3.8) is 0 Å². The molecule has 0 radical (unpaired) electrons. The van der Waals surface area contributed by atoms with Gasteiger partial charge >= 0.3 is 0 Å². The highest BCUT2D eigenvalue weighted by molar-refractivity contribution is 5.60. The Morgan fingerprint density at radius 3 is 2.62 bits per heavy atom. The molecule has 118 valence electrons. The van der Waals surface area contributed by atoms with Gasteiger partial charge in [0.1, 0.15) is 5.75 Å². The molecule has 0 atom stereocenters. The second-order valence-corrected chi connectivity index (χ2v) is 5.97. The number of ether oxygens (including phenoxy) is 1. The number of anilines is 1. The number of unbranched alkanes of at least 4 members (excludes halogenated alkanes) is 4. The highest BCUT2D eigenvalue weighted by atomic mass is 16.5. The number of hydrogen-bond acceptors (Lipinski definition) is 3. The lowest BCUT2D eigenvalue weighted by Crippen LogP contribution is -2.43. The van der Waals surface area contributed by atoms with Gasteiger partial charge in [0.15, 0.2) is 0 Å². The van der Waals surface area contributed by atoms with E-state index >= 15 is 0 Å². The molecule has 0 bridgehead atoms. The fourth-order valence-electron chi connectivity index (χ4n) is 2.79. The average molecular weight is 290 g/mol. The third-order valence-electron chi connectivity index (χ3n) is 4.08. The van der Waals surface area contributed by atoms with E-state index in [1.807, 2.05) is 0 Å². The minimum absolute atomic E-state index is 0.839. The van der Waals surface area contributed by atoms with E-state index in [4.69, 9.17) is 4.74 Å². The first-order valence-corrected chi connectivity index (χ1v) is 8.50. The van der Waals surface area contributed by atoms with Crippen molar-refractivity contribution in [2.75, 3.05) is 37.7 Å². The molecule has 0 amide bonds. The molecule has 1 N–H and O–H groups in total. The summed E-state index contributed by atoms with van der Waals surface area (Å²) in [6.07, 6.45) is 6.42. The molecule has 0 unspecified atom stereocenters. The van der Waals surface area contributed by atoms with Gasteiger partial charge in [-0.05, 0) is 31.0 Å². The Morgan fingerprint density at radius 2 is 1.86 bits per heavy atom. The van der Waals surface area contributed by atoms with Gasteiger partial charge < -0.3 is 15.0 Å². The minimum atomic E-state index is 0.839. The van der Waals surface area contributed by atoms with E-state index < -0.39 is 0 Å². The van der Waals surface area contributed by atoms with Gasteiger partial charge in [-0.2, -0.15) is 0 Å². The van der Waals surface area contributed by atoms with Crippen molar-refractivity contribution in [3.05, 3.63) is 23.8 Å². The van der Waals surface area contributed by atoms with Crippen molar-refractivity contribution in [2.24, 2.45) is 0 Å². The molecule has 1 aliphatic heterocycles. The van der Waals surface area contributed by atoms with E-state index in [1.54, 1.807) is 0 Å². The summed E-state index contributed by atoms with van der Waals surface area (Å²) in [7, 11) is 0. The minimum Gasteiger partial charge on any atom is -0.491 e. The van der Waals surface area contributed by atoms with Gasteiger partial charge in [-0.25, -0.2) is 0 Å². The lowest BCUT2D eigenvalue weighted by molar-refractivity contribution is 0.304. The zero-order chi connectivity index (χ0) is 14.9. The average Bonchev–Trinajstić information content (AvgIpc) is 2.53. The zero-order valence-electron chi connectivity index (χ0n) is 13.7. The molecule has 1 aromatic rings. The van der Waals surface area contributed by atoms with Crippen molar-refractivity contribution in [2.45, 2.75) is 46.0 Å². The number of piperazine rings is 1. The first-order chi connectivity index (χ1) is 10.3. The molecule has 0 saturated carbocycles. The molecule has 3 nitrogen and oxygen atoms in total. The van der Waals surface area contributed by atoms with Gasteiger partial charge in [0, 0.05) is 26.2 Å². The van der Waals surface area contributed by atoms with Crippen LogP contribution in [0.25, 0.3) is 0 Å².